The molecule has 1 aromatic rings. The van der Waals surface area contributed by atoms with Gasteiger partial charge >= 0.3 is 5.97 Å². The summed E-state index contributed by atoms with van der Waals surface area (Å²) in [5.74, 6) is -0.664. The van der Waals surface area contributed by atoms with Gasteiger partial charge in [-0.2, -0.15) is 0 Å². The molecule has 0 aromatic carbocycles. The third-order valence-corrected chi connectivity index (χ3v) is 4.08. The zero-order chi connectivity index (χ0) is 18.4. The molecule has 1 rings (SSSR count). The quantitative estimate of drug-likeness (QED) is 0.265. The van der Waals surface area contributed by atoms with E-state index in [1.165, 1.54) is 70.6 Å². The van der Waals surface area contributed by atoms with E-state index in [-0.39, 0.29) is 0 Å². The van der Waals surface area contributed by atoms with E-state index in [1.807, 2.05) is 12.1 Å². The van der Waals surface area contributed by atoms with Crippen molar-refractivity contribution in [2.75, 3.05) is 0 Å². The van der Waals surface area contributed by atoms with Gasteiger partial charge in [0.15, 0.2) is 0 Å². The van der Waals surface area contributed by atoms with Crippen LogP contribution in [0.25, 0.3) is 0 Å². The molecule has 25 heavy (non-hydrogen) atoms. The molecule has 0 radical (unpaired) electrons. The summed E-state index contributed by atoms with van der Waals surface area (Å²) in [7, 11) is 0. The molecule has 0 aliphatic heterocycles. The van der Waals surface area contributed by atoms with Gasteiger partial charge in [-0.25, -0.2) is 0 Å². The molecule has 0 amide bonds. The lowest BCUT2D eigenvalue weighted by molar-refractivity contribution is -0.137. The van der Waals surface area contributed by atoms with Crippen molar-refractivity contribution < 1.29 is 14.3 Å². The number of unbranched alkanes of at least 4 members (excludes halogenated alkanes) is 11. The second kappa shape index (κ2) is 20.5. The Labute approximate surface area is 154 Å². The van der Waals surface area contributed by atoms with Crippen LogP contribution in [0.1, 0.15) is 96.8 Å². The molecule has 0 spiro atoms. The highest BCUT2D eigenvalue weighted by molar-refractivity contribution is 5.66. The maximum atomic E-state index is 10.3. The number of carboxylic acids is 1. The first-order valence-corrected chi connectivity index (χ1v) is 10.1. The summed E-state index contributed by atoms with van der Waals surface area (Å²) < 4.78 is 4.58. The van der Waals surface area contributed by atoms with Crippen LogP contribution in [0, 0.1) is 0 Å². The van der Waals surface area contributed by atoms with E-state index in [2.05, 4.69) is 23.5 Å². The van der Waals surface area contributed by atoms with Crippen LogP contribution in [-0.4, -0.2) is 11.1 Å². The first kappa shape index (κ1) is 23.5. The predicted octanol–water partition coefficient (Wildman–Crippen LogP) is 7.39. The predicted molar refractivity (Wildman–Crippen MR) is 106 cm³/mol. The first-order valence-electron chi connectivity index (χ1n) is 10.1. The van der Waals surface area contributed by atoms with E-state index in [0.717, 1.165) is 12.8 Å². The Kier molecular flexibility index (Phi) is 19.3. The van der Waals surface area contributed by atoms with Gasteiger partial charge in [0.25, 0.3) is 0 Å². The number of carboxylic acid groups (broad SMARTS) is 1. The Morgan fingerprint density at radius 3 is 1.72 bits per heavy atom. The summed E-state index contributed by atoms with van der Waals surface area (Å²) >= 11 is 0. The number of aliphatic carboxylic acids is 1. The average molecular weight is 351 g/mol. The lowest BCUT2D eigenvalue weighted by Crippen LogP contribution is -1.93. The number of carbonyl (C=O) groups is 1. The maximum absolute atomic E-state index is 10.3. The van der Waals surface area contributed by atoms with Crippen LogP contribution in [0.5, 0.6) is 0 Å². The highest BCUT2D eigenvalue weighted by atomic mass is 16.4. The van der Waals surface area contributed by atoms with Gasteiger partial charge in [0, 0.05) is 6.42 Å². The Morgan fingerprint density at radius 2 is 1.28 bits per heavy atom. The van der Waals surface area contributed by atoms with Gasteiger partial charge in [0.1, 0.15) is 0 Å². The van der Waals surface area contributed by atoms with Gasteiger partial charge in [0.2, 0.25) is 0 Å². The average Bonchev–Trinajstić information content (AvgIpc) is 3.18. The van der Waals surface area contributed by atoms with E-state index in [1.54, 1.807) is 12.5 Å². The van der Waals surface area contributed by atoms with Gasteiger partial charge in [-0.05, 0) is 44.2 Å². The van der Waals surface area contributed by atoms with Crippen molar-refractivity contribution >= 4 is 5.97 Å². The van der Waals surface area contributed by atoms with Crippen LogP contribution in [0.3, 0.4) is 0 Å². The smallest absolute Gasteiger partial charge is 0.303 e. The minimum Gasteiger partial charge on any atom is -0.481 e. The lowest BCUT2D eigenvalue weighted by atomic mass is 10.1. The molecule has 1 aromatic heterocycles. The summed E-state index contributed by atoms with van der Waals surface area (Å²) in [5.41, 5.74) is 0. The van der Waals surface area contributed by atoms with Crippen LogP contribution in [0.2, 0.25) is 0 Å². The van der Waals surface area contributed by atoms with E-state index < -0.39 is 5.97 Å². The molecule has 1 N–H and O–H groups in total. The summed E-state index contributed by atoms with van der Waals surface area (Å²) in [6.07, 6.45) is 24.5. The van der Waals surface area contributed by atoms with Gasteiger partial charge in [0.05, 0.1) is 12.5 Å². The molecule has 0 atom stereocenters. The van der Waals surface area contributed by atoms with E-state index >= 15 is 0 Å². The molecule has 0 fully saturated rings. The standard InChI is InChI=1S/C18H34O2.C4H4O/c1-2-3-4-5-6-7-8-9-10-11-12-13-14-15-16-17-18(19)20;1-2-4-5-3-1/h9-10H,2-8,11-17H2,1H3,(H,19,20);1-4H/b10-9-;. The molecular formula is C22H38O3. The monoisotopic (exact) mass is 350 g/mol. The second-order valence-corrected chi connectivity index (χ2v) is 6.52. The molecule has 0 saturated heterocycles. The van der Waals surface area contributed by atoms with E-state index in [9.17, 15) is 4.79 Å². The molecule has 0 aliphatic carbocycles. The Bertz CT molecular complexity index is 365. The molecular weight excluding hydrogens is 312 g/mol. The Hall–Kier alpha value is -1.51. The Morgan fingerprint density at radius 1 is 0.800 bits per heavy atom. The van der Waals surface area contributed by atoms with Crippen molar-refractivity contribution in [1.82, 2.24) is 0 Å². The molecule has 0 saturated carbocycles. The summed E-state index contributed by atoms with van der Waals surface area (Å²) in [4.78, 5) is 10.3. The second-order valence-electron chi connectivity index (χ2n) is 6.52. The fraction of sp³-hybridized carbons (Fsp3) is 0.682. The van der Waals surface area contributed by atoms with Crippen LogP contribution in [0.4, 0.5) is 0 Å². The normalized spacial score (nSPS) is 10.6. The van der Waals surface area contributed by atoms with Crippen molar-refractivity contribution in [2.24, 2.45) is 0 Å². The zero-order valence-electron chi connectivity index (χ0n) is 16.1. The molecule has 0 bridgehead atoms. The van der Waals surface area contributed by atoms with Gasteiger partial charge in [-0.1, -0.05) is 70.4 Å². The summed E-state index contributed by atoms with van der Waals surface area (Å²) in [5, 5.41) is 8.51. The van der Waals surface area contributed by atoms with Crippen molar-refractivity contribution in [2.45, 2.75) is 96.8 Å². The third kappa shape index (κ3) is 22.5. The van der Waals surface area contributed by atoms with Crippen LogP contribution >= 0.6 is 0 Å². The number of rotatable bonds is 15. The molecule has 3 heteroatoms. The number of hydrogen-bond donors (Lipinski definition) is 1. The lowest BCUT2D eigenvalue weighted by Gasteiger charge is -1.99. The Balaban J connectivity index is 0.000000972. The fourth-order valence-electron chi connectivity index (χ4n) is 2.57. The molecule has 3 nitrogen and oxygen atoms in total. The van der Waals surface area contributed by atoms with Crippen LogP contribution in [-0.2, 0) is 4.79 Å². The number of furan rings is 1. The highest BCUT2D eigenvalue weighted by Crippen LogP contribution is 2.09. The number of hydrogen-bond acceptors (Lipinski definition) is 2. The van der Waals surface area contributed by atoms with Gasteiger partial charge in [-0.3, -0.25) is 4.79 Å². The van der Waals surface area contributed by atoms with Crippen molar-refractivity contribution in [3.05, 3.63) is 36.8 Å². The van der Waals surface area contributed by atoms with Gasteiger partial charge < -0.3 is 9.52 Å². The minimum atomic E-state index is -0.664. The SMILES string of the molecule is CCCCCCCC/C=C\CCCCCCCC(=O)O.c1ccoc1. The molecule has 144 valence electrons. The fourth-order valence-corrected chi connectivity index (χ4v) is 2.57. The minimum absolute atomic E-state index is 0.332. The summed E-state index contributed by atoms with van der Waals surface area (Å²) in [6.45, 7) is 2.26. The molecule has 0 aliphatic rings. The zero-order valence-corrected chi connectivity index (χ0v) is 16.1. The highest BCUT2D eigenvalue weighted by Gasteiger charge is 1.95. The van der Waals surface area contributed by atoms with Gasteiger partial charge in [-0.15, -0.1) is 0 Å². The van der Waals surface area contributed by atoms with Crippen molar-refractivity contribution in [3.8, 4) is 0 Å². The topological polar surface area (TPSA) is 50.4 Å². The van der Waals surface area contributed by atoms with Crippen LogP contribution < -0.4 is 0 Å². The molecule has 1 heterocycles. The van der Waals surface area contributed by atoms with E-state index in [0.29, 0.717) is 6.42 Å². The maximum Gasteiger partial charge on any atom is 0.303 e. The van der Waals surface area contributed by atoms with Crippen molar-refractivity contribution in [3.63, 3.8) is 0 Å². The largest absolute Gasteiger partial charge is 0.481 e. The summed E-state index contributed by atoms with van der Waals surface area (Å²) in [6, 6.07) is 3.67. The molecule has 0 unspecified atom stereocenters. The third-order valence-electron chi connectivity index (χ3n) is 4.08. The van der Waals surface area contributed by atoms with Crippen molar-refractivity contribution in [1.29, 1.82) is 0 Å². The number of allylic oxidation sites excluding steroid dienone is 2. The van der Waals surface area contributed by atoms with Crippen LogP contribution in [0.15, 0.2) is 41.2 Å². The van der Waals surface area contributed by atoms with E-state index in [4.69, 9.17) is 5.11 Å². The first-order chi connectivity index (χ1) is 12.3.